The molecule has 0 aromatic carbocycles. The summed E-state index contributed by atoms with van der Waals surface area (Å²) in [6, 6.07) is 1.84. The number of hydrogen-bond acceptors (Lipinski definition) is 5. The Morgan fingerprint density at radius 3 is 2.75 bits per heavy atom. The van der Waals surface area contributed by atoms with Gasteiger partial charge in [-0.1, -0.05) is 0 Å². The molecule has 0 spiro atoms. The van der Waals surface area contributed by atoms with Crippen molar-refractivity contribution in [2.45, 2.75) is 20.4 Å². The Morgan fingerprint density at radius 2 is 2.12 bits per heavy atom. The first-order chi connectivity index (χ1) is 7.65. The minimum atomic E-state index is 0.688. The molecule has 0 radical (unpaired) electrons. The quantitative estimate of drug-likeness (QED) is 0.855. The van der Waals surface area contributed by atoms with Crippen LogP contribution in [0.4, 0.5) is 11.5 Å². The lowest BCUT2D eigenvalue weighted by Crippen LogP contribution is -2.02. The van der Waals surface area contributed by atoms with Gasteiger partial charge in [0, 0.05) is 29.0 Å². The van der Waals surface area contributed by atoms with Gasteiger partial charge in [-0.25, -0.2) is 9.97 Å². The Kier molecular flexibility index (Phi) is 3.05. The smallest absolute Gasteiger partial charge is 0.128 e. The molecule has 5 heteroatoms. The number of hydrogen-bond donors (Lipinski definition) is 2. The normalized spacial score (nSPS) is 10.4. The van der Waals surface area contributed by atoms with Crippen molar-refractivity contribution < 1.29 is 0 Å². The topological polar surface area (TPSA) is 63.8 Å². The number of nitrogens with two attached hydrogens (primary N) is 1. The molecule has 2 aromatic heterocycles. The van der Waals surface area contributed by atoms with E-state index in [1.165, 1.54) is 4.88 Å². The second kappa shape index (κ2) is 4.49. The lowest BCUT2D eigenvalue weighted by atomic mass is 10.2. The SMILES string of the molecule is Cc1cnc(CNc2cc(N)c(C)cn2)s1. The molecule has 0 fully saturated rings. The van der Waals surface area contributed by atoms with Gasteiger partial charge in [0.2, 0.25) is 0 Å². The molecule has 0 bridgehead atoms. The van der Waals surface area contributed by atoms with Gasteiger partial charge in [0.1, 0.15) is 10.8 Å². The standard InChI is InChI=1S/C11H14N4S/c1-7-4-13-10(3-9(7)12)14-6-11-15-5-8(2)16-11/h3-5H,6H2,1-2H3,(H3,12,13,14). The lowest BCUT2D eigenvalue weighted by molar-refractivity contribution is 1.07. The third kappa shape index (κ3) is 2.49. The molecule has 0 amide bonds. The van der Waals surface area contributed by atoms with Gasteiger partial charge >= 0.3 is 0 Å². The fourth-order valence-electron chi connectivity index (χ4n) is 1.29. The van der Waals surface area contributed by atoms with Crippen LogP contribution in [0.15, 0.2) is 18.5 Å². The first-order valence-corrected chi connectivity index (χ1v) is 5.84. The lowest BCUT2D eigenvalue weighted by Gasteiger charge is -2.05. The highest BCUT2D eigenvalue weighted by Gasteiger charge is 2.01. The number of thiazole rings is 1. The Morgan fingerprint density at radius 1 is 1.31 bits per heavy atom. The number of aryl methyl sites for hydroxylation is 2. The second-order valence-electron chi connectivity index (χ2n) is 3.64. The van der Waals surface area contributed by atoms with Crippen LogP contribution in [0.2, 0.25) is 0 Å². The average Bonchev–Trinajstić information content (AvgIpc) is 2.66. The van der Waals surface area contributed by atoms with Gasteiger partial charge in [0.25, 0.3) is 0 Å². The highest BCUT2D eigenvalue weighted by molar-refractivity contribution is 7.11. The molecule has 0 unspecified atom stereocenters. The number of nitrogens with zero attached hydrogens (tertiary/aromatic N) is 2. The molecular weight excluding hydrogens is 220 g/mol. The summed E-state index contributed by atoms with van der Waals surface area (Å²) in [5.74, 6) is 0.788. The van der Waals surface area contributed by atoms with Crippen LogP contribution in [0.25, 0.3) is 0 Å². The largest absolute Gasteiger partial charge is 0.398 e. The number of anilines is 2. The molecule has 0 aliphatic carbocycles. The van der Waals surface area contributed by atoms with Crippen LogP contribution in [0, 0.1) is 13.8 Å². The van der Waals surface area contributed by atoms with Crippen molar-refractivity contribution in [3.63, 3.8) is 0 Å². The molecule has 2 aromatic rings. The Hall–Kier alpha value is -1.62. The molecule has 2 rings (SSSR count). The molecule has 2 heterocycles. The molecule has 0 atom stereocenters. The maximum absolute atomic E-state index is 5.80. The third-order valence-corrected chi connectivity index (χ3v) is 3.15. The number of rotatable bonds is 3. The van der Waals surface area contributed by atoms with Crippen molar-refractivity contribution >= 4 is 22.8 Å². The van der Waals surface area contributed by atoms with Crippen LogP contribution in [-0.4, -0.2) is 9.97 Å². The zero-order valence-electron chi connectivity index (χ0n) is 9.32. The van der Waals surface area contributed by atoms with Crippen LogP contribution < -0.4 is 11.1 Å². The summed E-state index contributed by atoms with van der Waals surface area (Å²) in [5.41, 5.74) is 7.55. The summed E-state index contributed by atoms with van der Waals surface area (Å²) < 4.78 is 0. The summed E-state index contributed by atoms with van der Waals surface area (Å²) in [4.78, 5) is 9.73. The number of nitrogen functional groups attached to an aromatic ring is 1. The van der Waals surface area contributed by atoms with E-state index in [2.05, 4.69) is 15.3 Å². The van der Waals surface area contributed by atoms with Gasteiger partial charge in [-0.15, -0.1) is 11.3 Å². The van der Waals surface area contributed by atoms with Gasteiger partial charge in [0.05, 0.1) is 6.54 Å². The predicted molar refractivity (Wildman–Crippen MR) is 67.6 cm³/mol. The van der Waals surface area contributed by atoms with E-state index in [1.807, 2.05) is 26.1 Å². The molecule has 0 saturated carbocycles. The van der Waals surface area contributed by atoms with Crippen molar-refractivity contribution in [1.82, 2.24) is 9.97 Å². The van der Waals surface area contributed by atoms with E-state index in [9.17, 15) is 0 Å². The van der Waals surface area contributed by atoms with Gasteiger partial charge in [0.15, 0.2) is 0 Å². The van der Waals surface area contributed by atoms with Crippen LogP contribution in [0.1, 0.15) is 15.4 Å². The maximum Gasteiger partial charge on any atom is 0.128 e. The fraction of sp³-hybridized carbons (Fsp3) is 0.273. The maximum atomic E-state index is 5.80. The molecule has 3 N–H and O–H groups in total. The number of aromatic nitrogens is 2. The van der Waals surface area contributed by atoms with Gasteiger partial charge < -0.3 is 11.1 Å². The van der Waals surface area contributed by atoms with E-state index in [0.29, 0.717) is 6.54 Å². The molecule has 84 valence electrons. The fourth-order valence-corrected chi connectivity index (χ4v) is 2.01. The predicted octanol–water partition coefficient (Wildman–Crippen LogP) is 2.35. The number of nitrogens with one attached hydrogen (secondary N) is 1. The molecular formula is C11H14N4S. The van der Waals surface area contributed by atoms with Crippen LogP contribution in [0.5, 0.6) is 0 Å². The van der Waals surface area contributed by atoms with Gasteiger partial charge in [-0.05, 0) is 19.4 Å². The zero-order chi connectivity index (χ0) is 11.5. The Labute approximate surface area is 98.6 Å². The summed E-state index contributed by atoms with van der Waals surface area (Å²) in [6.07, 6.45) is 3.64. The van der Waals surface area contributed by atoms with E-state index >= 15 is 0 Å². The molecule has 0 aliphatic rings. The van der Waals surface area contributed by atoms with E-state index in [4.69, 9.17) is 5.73 Å². The van der Waals surface area contributed by atoms with E-state index in [1.54, 1.807) is 17.5 Å². The van der Waals surface area contributed by atoms with E-state index in [-0.39, 0.29) is 0 Å². The highest BCUT2D eigenvalue weighted by atomic mass is 32.1. The van der Waals surface area contributed by atoms with Crippen LogP contribution >= 0.6 is 11.3 Å². The average molecular weight is 234 g/mol. The van der Waals surface area contributed by atoms with E-state index in [0.717, 1.165) is 22.1 Å². The molecule has 4 nitrogen and oxygen atoms in total. The monoisotopic (exact) mass is 234 g/mol. The third-order valence-electron chi connectivity index (χ3n) is 2.23. The minimum absolute atomic E-state index is 0.688. The van der Waals surface area contributed by atoms with E-state index < -0.39 is 0 Å². The summed E-state index contributed by atoms with van der Waals surface area (Å²) in [5, 5.41) is 4.25. The summed E-state index contributed by atoms with van der Waals surface area (Å²) in [7, 11) is 0. The molecule has 0 aliphatic heterocycles. The number of pyridine rings is 1. The second-order valence-corrected chi connectivity index (χ2v) is 4.96. The Balaban J connectivity index is 2.02. The molecule has 0 saturated heterocycles. The van der Waals surface area contributed by atoms with Gasteiger partial charge in [-0.3, -0.25) is 0 Å². The zero-order valence-corrected chi connectivity index (χ0v) is 10.1. The minimum Gasteiger partial charge on any atom is -0.398 e. The van der Waals surface area contributed by atoms with Crippen LogP contribution in [-0.2, 0) is 6.54 Å². The molecule has 16 heavy (non-hydrogen) atoms. The van der Waals surface area contributed by atoms with Crippen molar-refractivity contribution in [3.05, 3.63) is 33.9 Å². The Bertz CT molecular complexity index is 492. The van der Waals surface area contributed by atoms with Crippen LogP contribution in [0.3, 0.4) is 0 Å². The summed E-state index contributed by atoms with van der Waals surface area (Å²) in [6.45, 7) is 4.67. The van der Waals surface area contributed by atoms with Crippen molar-refractivity contribution in [2.75, 3.05) is 11.1 Å². The van der Waals surface area contributed by atoms with Crippen molar-refractivity contribution in [2.24, 2.45) is 0 Å². The van der Waals surface area contributed by atoms with Crippen molar-refractivity contribution in [3.8, 4) is 0 Å². The summed E-state index contributed by atoms with van der Waals surface area (Å²) >= 11 is 1.68. The van der Waals surface area contributed by atoms with Crippen molar-refractivity contribution in [1.29, 1.82) is 0 Å². The first-order valence-electron chi connectivity index (χ1n) is 5.02. The highest BCUT2D eigenvalue weighted by Crippen LogP contribution is 2.16. The first kappa shape index (κ1) is 10.9. The van der Waals surface area contributed by atoms with Gasteiger partial charge in [-0.2, -0.15) is 0 Å².